The lowest BCUT2D eigenvalue weighted by Gasteiger charge is -2.31. The molecule has 0 atom stereocenters. The Morgan fingerprint density at radius 3 is 2.50 bits per heavy atom. The number of likely N-dealkylation sites (tertiary alicyclic amines) is 1. The van der Waals surface area contributed by atoms with Crippen LogP contribution in [0.25, 0.3) is 0 Å². The first kappa shape index (κ1) is 11.1. The summed E-state index contributed by atoms with van der Waals surface area (Å²) in [4.78, 5) is 15.4. The average molecular weight is 222 g/mol. The number of amides is 1. The van der Waals surface area contributed by atoms with E-state index in [-0.39, 0.29) is 5.91 Å². The standard InChI is InChI=1S/C11H18N4O/c1-2-3-11(16)14-8-4-10(5-9-14)15-12-6-7-13-15/h6-7,10H,2-5,8-9H2,1H3. The second kappa shape index (κ2) is 5.09. The van der Waals surface area contributed by atoms with Gasteiger partial charge < -0.3 is 4.90 Å². The fraction of sp³-hybridized carbons (Fsp3) is 0.727. The molecule has 1 aliphatic heterocycles. The first-order valence-electron chi connectivity index (χ1n) is 5.95. The Balaban J connectivity index is 1.85. The Morgan fingerprint density at radius 1 is 1.31 bits per heavy atom. The number of carbonyl (C=O) groups is 1. The second-order valence-electron chi connectivity index (χ2n) is 4.21. The molecular weight excluding hydrogens is 204 g/mol. The first-order chi connectivity index (χ1) is 7.81. The highest BCUT2D eigenvalue weighted by molar-refractivity contribution is 5.76. The van der Waals surface area contributed by atoms with Crippen LogP contribution in [-0.2, 0) is 4.79 Å². The summed E-state index contributed by atoms with van der Waals surface area (Å²) in [6, 6.07) is 0.362. The van der Waals surface area contributed by atoms with Gasteiger partial charge in [0, 0.05) is 19.5 Å². The van der Waals surface area contributed by atoms with E-state index in [4.69, 9.17) is 0 Å². The minimum absolute atomic E-state index is 0.286. The summed E-state index contributed by atoms with van der Waals surface area (Å²) in [5.41, 5.74) is 0. The third-order valence-corrected chi connectivity index (χ3v) is 3.04. The molecule has 0 unspecified atom stereocenters. The lowest BCUT2D eigenvalue weighted by molar-refractivity contribution is -0.132. The highest BCUT2D eigenvalue weighted by Gasteiger charge is 2.23. The summed E-state index contributed by atoms with van der Waals surface area (Å²) >= 11 is 0. The minimum atomic E-state index is 0.286. The molecule has 0 aliphatic carbocycles. The van der Waals surface area contributed by atoms with Crippen LogP contribution in [0.15, 0.2) is 12.4 Å². The number of hydrogen-bond acceptors (Lipinski definition) is 3. The average Bonchev–Trinajstić information content (AvgIpc) is 2.83. The van der Waals surface area contributed by atoms with Crippen molar-refractivity contribution in [2.75, 3.05) is 13.1 Å². The van der Waals surface area contributed by atoms with E-state index in [2.05, 4.69) is 10.2 Å². The van der Waals surface area contributed by atoms with Crippen LogP contribution in [0.4, 0.5) is 0 Å². The van der Waals surface area contributed by atoms with Crippen molar-refractivity contribution < 1.29 is 4.79 Å². The van der Waals surface area contributed by atoms with Crippen molar-refractivity contribution in [1.82, 2.24) is 19.9 Å². The zero-order valence-electron chi connectivity index (χ0n) is 9.67. The number of nitrogens with zero attached hydrogens (tertiary/aromatic N) is 4. The molecular formula is C11H18N4O. The van der Waals surface area contributed by atoms with Gasteiger partial charge in [-0.15, -0.1) is 0 Å². The molecule has 2 rings (SSSR count). The van der Waals surface area contributed by atoms with Crippen molar-refractivity contribution in [3.63, 3.8) is 0 Å². The van der Waals surface area contributed by atoms with Gasteiger partial charge in [0.25, 0.3) is 0 Å². The first-order valence-corrected chi connectivity index (χ1v) is 5.95. The summed E-state index contributed by atoms with van der Waals surface area (Å²) in [5, 5.41) is 8.30. The van der Waals surface area contributed by atoms with E-state index in [9.17, 15) is 4.79 Å². The van der Waals surface area contributed by atoms with Crippen molar-refractivity contribution in [2.24, 2.45) is 0 Å². The Labute approximate surface area is 95.4 Å². The molecule has 0 saturated carbocycles. The van der Waals surface area contributed by atoms with Crippen LogP contribution >= 0.6 is 0 Å². The lowest BCUT2D eigenvalue weighted by Crippen LogP contribution is -2.39. The molecule has 1 saturated heterocycles. The van der Waals surface area contributed by atoms with Gasteiger partial charge >= 0.3 is 0 Å². The van der Waals surface area contributed by atoms with E-state index in [1.165, 1.54) is 0 Å². The van der Waals surface area contributed by atoms with E-state index in [1.54, 1.807) is 17.2 Å². The van der Waals surface area contributed by atoms with Crippen LogP contribution in [0, 0.1) is 0 Å². The van der Waals surface area contributed by atoms with Gasteiger partial charge in [0.2, 0.25) is 5.91 Å². The van der Waals surface area contributed by atoms with Crippen LogP contribution in [0.5, 0.6) is 0 Å². The van der Waals surface area contributed by atoms with E-state index in [0.717, 1.165) is 32.4 Å². The molecule has 88 valence electrons. The molecule has 0 bridgehead atoms. The van der Waals surface area contributed by atoms with Crippen LogP contribution in [-0.4, -0.2) is 38.9 Å². The summed E-state index contributed by atoms with van der Waals surface area (Å²) < 4.78 is 0. The Morgan fingerprint density at radius 2 is 1.94 bits per heavy atom. The van der Waals surface area contributed by atoms with Gasteiger partial charge in [0.15, 0.2) is 0 Å². The molecule has 2 heterocycles. The molecule has 0 radical (unpaired) electrons. The predicted molar refractivity (Wildman–Crippen MR) is 59.8 cm³/mol. The third-order valence-electron chi connectivity index (χ3n) is 3.04. The molecule has 1 aromatic rings. The molecule has 0 aromatic carbocycles. The number of hydrogen-bond donors (Lipinski definition) is 0. The summed E-state index contributed by atoms with van der Waals surface area (Å²) in [7, 11) is 0. The molecule has 1 amide bonds. The second-order valence-corrected chi connectivity index (χ2v) is 4.21. The van der Waals surface area contributed by atoms with Crippen molar-refractivity contribution in [3.8, 4) is 0 Å². The maximum Gasteiger partial charge on any atom is 0.222 e. The molecule has 0 spiro atoms. The van der Waals surface area contributed by atoms with Crippen LogP contribution < -0.4 is 0 Å². The summed E-state index contributed by atoms with van der Waals surface area (Å²) in [6.07, 6.45) is 6.93. The molecule has 1 aliphatic rings. The topological polar surface area (TPSA) is 51.0 Å². The molecule has 0 N–H and O–H groups in total. The Hall–Kier alpha value is -1.39. The number of rotatable bonds is 3. The Bertz CT molecular complexity index is 328. The quantitative estimate of drug-likeness (QED) is 0.773. The number of aromatic nitrogens is 3. The fourth-order valence-corrected chi connectivity index (χ4v) is 2.13. The van der Waals surface area contributed by atoms with Gasteiger partial charge in [-0.3, -0.25) is 4.79 Å². The van der Waals surface area contributed by atoms with Gasteiger partial charge in [-0.05, 0) is 19.3 Å². The van der Waals surface area contributed by atoms with E-state index in [1.807, 2.05) is 11.8 Å². The largest absolute Gasteiger partial charge is 0.343 e. The van der Waals surface area contributed by atoms with Crippen LogP contribution in [0.3, 0.4) is 0 Å². The zero-order chi connectivity index (χ0) is 11.4. The van der Waals surface area contributed by atoms with Crippen molar-refractivity contribution in [3.05, 3.63) is 12.4 Å². The fourth-order valence-electron chi connectivity index (χ4n) is 2.13. The maximum absolute atomic E-state index is 11.7. The summed E-state index contributed by atoms with van der Waals surface area (Å²) in [5.74, 6) is 0.286. The predicted octanol–water partition coefficient (Wildman–Crippen LogP) is 1.24. The van der Waals surface area contributed by atoms with Gasteiger partial charge in [0.1, 0.15) is 0 Å². The molecule has 1 fully saturated rings. The van der Waals surface area contributed by atoms with E-state index in [0.29, 0.717) is 12.5 Å². The van der Waals surface area contributed by atoms with Crippen molar-refractivity contribution in [2.45, 2.75) is 38.6 Å². The molecule has 16 heavy (non-hydrogen) atoms. The smallest absolute Gasteiger partial charge is 0.222 e. The van der Waals surface area contributed by atoms with Crippen molar-refractivity contribution in [1.29, 1.82) is 0 Å². The van der Waals surface area contributed by atoms with E-state index < -0.39 is 0 Å². The molecule has 5 heteroatoms. The van der Waals surface area contributed by atoms with Gasteiger partial charge in [0.05, 0.1) is 18.4 Å². The third kappa shape index (κ3) is 2.40. The number of carbonyl (C=O) groups excluding carboxylic acids is 1. The Kier molecular flexibility index (Phi) is 3.54. The molecule has 5 nitrogen and oxygen atoms in total. The maximum atomic E-state index is 11.7. The highest BCUT2D eigenvalue weighted by Crippen LogP contribution is 2.20. The normalized spacial score (nSPS) is 17.7. The van der Waals surface area contributed by atoms with Gasteiger partial charge in [-0.25, -0.2) is 0 Å². The van der Waals surface area contributed by atoms with Gasteiger partial charge in [-0.1, -0.05) is 6.92 Å². The van der Waals surface area contributed by atoms with Gasteiger partial charge in [-0.2, -0.15) is 15.0 Å². The highest BCUT2D eigenvalue weighted by atomic mass is 16.2. The van der Waals surface area contributed by atoms with Crippen molar-refractivity contribution >= 4 is 5.91 Å². The van der Waals surface area contributed by atoms with E-state index >= 15 is 0 Å². The lowest BCUT2D eigenvalue weighted by atomic mass is 10.1. The minimum Gasteiger partial charge on any atom is -0.343 e. The SMILES string of the molecule is CCCC(=O)N1CCC(n2nccn2)CC1. The molecule has 1 aromatic heterocycles. The number of piperidine rings is 1. The monoisotopic (exact) mass is 222 g/mol. The summed E-state index contributed by atoms with van der Waals surface area (Å²) in [6.45, 7) is 3.72. The zero-order valence-corrected chi connectivity index (χ0v) is 9.67. The van der Waals surface area contributed by atoms with Crippen LogP contribution in [0.2, 0.25) is 0 Å². The van der Waals surface area contributed by atoms with Crippen LogP contribution in [0.1, 0.15) is 38.6 Å².